The minimum absolute atomic E-state index is 0.0694. The van der Waals surface area contributed by atoms with Crippen LogP contribution in [0.5, 0.6) is 0 Å². The average molecular weight is 371 g/mol. The van der Waals surface area contributed by atoms with Crippen molar-refractivity contribution in [2.24, 2.45) is 4.99 Å². The van der Waals surface area contributed by atoms with Gasteiger partial charge in [-0.25, -0.2) is 4.39 Å². The summed E-state index contributed by atoms with van der Waals surface area (Å²) in [6, 6.07) is 13.5. The maximum atomic E-state index is 12.9. The molecule has 5 nitrogen and oxygen atoms in total. The predicted molar refractivity (Wildman–Crippen MR) is 101 cm³/mol. The lowest BCUT2D eigenvalue weighted by Gasteiger charge is -2.07. The van der Waals surface area contributed by atoms with Crippen LogP contribution in [-0.2, 0) is 16.1 Å². The highest BCUT2D eigenvalue weighted by molar-refractivity contribution is 8.15. The van der Waals surface area contributed by atoms with Crippen molar-refractivity contribution >= 4 is 34.4 Å². The lowest BCUT2D eigenvalue weighted by atomic mass is 10.2. The smallest absolute Gasteiger partial charge is 0.240 e. The number of aryl methyl sites for hydroxylation is 1. The molecule has 1 aliphatic rings. The number of hydrogen-bond donors (Lipinski definition) is 2. The minimum atomic E-state index is -0.507. The molecule has 2 aromatic carbocycles. The van der Waals surface area contributed by atoms with Crippen LogP contribution in [0.2, 0.25) is 0 Å². The number of thioether (sulfide) groups is 1. The van der Waals surface area contributed by atoms with Gasteiger partial charge in [-0.1, -0.05) is 41.6 Å². The van der Waals surface area contributed by atoms with Gasteiger partial charge in [-0.3, -0.25) is 14.6 Å². The van der Waals surface area contributed by atoms with Crippen LogP contribution in [0.1, 0.15) is 17.5 Å². The van der Waals surface area contributed by atoms with Crippen molar-refractivity contribution in [2.75, 3.05) is 5.32 Å². The molecule has 0 unspecified atom stereocenters. The van der Waals surface area contributed by atoms with E-state index in [0.29, 0.717) is 17.4 Å². The molecule has 1 saturated heterocycles. The average Bonchev–Trinajstić information content (AvgIpc) is 2.96. The van der Waals surface area contributed by atoms with Crippen LogP contribution in [0.3, 0.4) is 0 Å². The van der Waals surface area contributed by atoms with Crippen LogP contribution in [0.4, 0.5) is 10.1 Å². The van der Waals surface area contributed by atoms with Crippen molar-refractivity contribution in [2.45, 2.75) is 25.1 Å². The van der Waals surface area contributed by atoms with Crippen molar-refractivity contribution in [1.82, 2.24) is 5.32 Å². The molecule has 0 radical (unpaired) electrons. The molecule has 1 aliphatic heterocycles. The molecule has 0 spiro atoms. The summed E-state index contributed by atoms with van der Waals surface area (Å²) in [5, 5.41) is 5.44. The fourth-order valence-electron chi connectivity index (χ4n) is 2.38. The van der Waals surface area contributed by atoms with E-state index in [9.17, 15) is 14.0 Å². The van der Waals surface area contributed by atoms with E-state index in [1.807, 2.05) is 31.2 Å². The van der Waals surface area contributed by atoms with Gasteiger partial charge < -0.3 is 10.6 Å². The van der Waals surface area contributed by atoms with Gasteiger partial charge in [0.25, 0.3) is 0 Å². The van der Waals surface area contributed by atoms with E-state index in [4.69, 9.17) is 0 Å². The number of hydrogen-bond acceptors (Lipinski definition) is 4. The third-order valence-corrected chi connectivity index (χ3v) is 4.92. The van der Waals surface area contributed by atoms with Crippen molar-refractivity contribution in [3.05, 3.63) is 65.5 Å². The van der Waals surface area contributed by atoms with E-state index >= 15 is 0 Å². The van der Waals surface area contributed by atoms with E-state index in [1.54, 1.807) is 12.1 Å². The second kappa shape index (κ2) is 8.14. The molecule has 26 heavy (non-hydrogen) atoms. The van der Waals surface area contributed by atoms with Crippen LogP contribution in [-0.4, -0.2) is 22.2 Å². The number of aliphatic imine (C=N–C) groups is 1. The quantitative estimate of drug-likeness (QED) is 0.848. The number of rotatable bonds is 5. The van der Waals surface area contributed by atoms with Crippen molar-refractivity contribution in [1.29, 1.82) is 0 Å². The normalized spacial score (nSPS) is 18.0. The van der Waals surface area contributed by atoms with Crippen LogP contribution >= 0.6 is 11.8 Å². The standard InChI is InChI=1S/C19H18FN3O2S/c1-12-2-8-15(9-3-12)22-17(24)10-16-18(25)23-19(26-16)21-11-13-4-6-14(20)7-5-13/h2-9,16H,10-11H2,1H3,(H,22,24)(H,21,23,25)/t16-/m0/s1. The molecule has 1 heterocycles. The van der Waals surface area contributed by atoms with Crippen LogP contribution in [0, 0.1) is 12.7 Å². The number of benzene rings is 2. The first-order valence-corrected chi connectivity index (χ1v) is 9.00. The van der Waals surface area contributed by atoms with Crippen molar-refractivity contribution in [3.63, 3.8) is 0 Å². The predicted octanol–water partition coefficient (Wildman–Crippen LogP) is 3.25. The molecule has 7 heteroatoms. The Kier molecular flexibility index (Phi) is 5.68. The summed E-state index contributed by atoms with van der Waals surface area (Å²) in [6.07, 6.45) is 0.0694. The van der Waals surface area contributed by atoms with Gasteiger partial charge in [0.1, 0.15) is 11.1 Å². The molecule has 2 amide bonds. The highest BCUT2D eigenvalue weighted by atomic mass is 32.2. The molecule has 1 atom stereocenters. The number of carbonyl (C=O) groups is 2. The molecule has 1 fully saturated rings. The maximum absolute atomic E-state index is 12.9. The van der Waals surface area contributed by atoms with E-state index < -0.39 is 5.25 Å². The van der Waals surface area contributed by atoms with Gasteiger partial charge in [-0.15, -0.1) is 0 Å². The van der Waals surface area contributed by atoms with Gasteiger partial charge in [0.2, 0.25) is 11.8 Å². The first-order chi connectivity index (χ1) is 12.5. The number of halogens is 1. The van der Waals surface area contributed by atoms with Gasteiger partial charge in [0, 0.05) is 12.1 Å². The van der Waals surface area contributed by atoms with Gasteiger partial charge in [-0.05, 0) is 36.8 Å². The molecular formula is C19H18FN3O2S. The Balaban J connectivity index is 1.53. The van der Waals surface area contributed by atoms with E-state index in [-0.39, 0.29) is 24.1 Å². The molecular weight excluding hydrogens is 353 g/mol. The maximum Gasteiger partial charge on any atom is 0.240 e. The minimum Gasteiger partial charge on any atom is -0.326 e. The summed E-state index contributed by atoms with van der Waals surface area (Å²) in [5.74, 6) is -0.752. The first kappa shape index (κ1) is 18.1. The molecule has 134 valence electrons. The third kappa shape index (κ3) is 4.92. The summed E-state index contributed by atoms with van der Waals surface area (Å²) in [4.78, 5) is 28.5. The SMILES string of the molecule is Cc1ccc(NC(=O)C[C@@H]2SC(=NCc3ccc(F)cc3)NC2=O)cc1. The number of nitrogens with zero attached hydrogens (tertiary/aromatic N) is 1. The summed E-state index contributed by atoms with van der Waals surface area (Å²) in [5.41, 5.74) is 2.65. The zero-order valence-electron chi connectivity index (χ0n) is 14.2. The Morgan fingerprint density at radius 1 is 1.19 bits per heavy atom. The molecule has 0 saturated carbocycles. The van der Waals surface area contributed by atoms with Gasteiger partial charge in [0.15, 0.2) is 5.17 Å². The Labute approximate surface area is 155 Å². The number of amides is 2. The second-order valence-electron chi connectivity index (χ2n) is 5.96. The molecule has 0 bridgehead atoms. The number of anilines is 1. The first-order valence-electron chi connectivity index (χ1n) is 8.12. The van der Waals surface area contributed by atoms with E-state index in [0.717, 1.165) is 11.1 Å². The van der Waals surface area contributed by atoms with Crippen molar-refractivity contribution in [3.8, 4) is 0 Å². The summed E-state index contributed by atoms with van der Waals surface area (Å²) in [6.45, 7) is 2.31. The van der Waals surface area contributed by atoms with Crippen LogP contribution in [0.15, 0.2) is 53.5 Å². The van der Waals surface area contributed by atoms with E-state index in [1.165, 1.54) is 23.9 Å². The fraction of sp³-hybridized carbons (Fsp3) is 0.211. The molecule has 0 aromatic heterocycles. The van der Waals surface area contributed by atoms with E-state index in [2.05, 4.69) is 15.6 Å². The number of amidine groups is 1. The molecule has 0 aliphatic carbocycles. The summed E-state index contributed by atoms with van der Waals surface area (Å²) < 4.78 is 12.9. The summed E-state index contributed by atoms with van der Waals surface area (Å²) in [7, 11) is 0. The molecule has 2 aromatic rings. The second-order valence-corrected chi connectivity index (χ2v) is 7.15. The lowest BCUT2D eigenvalue weighted by Crippen LogP contribution is -2.28. The third-order valence-electron chi connectivity index (χ3n) is 3.80. The van der Waals surface area contributed by atoms with Crippen LogP contribution < -0.4 is 10.6 Å². The number of nitrogens with one attached hydrogen (secondary N) is 2. The highest BCUT2D eigenvalue weighted by Gasteiger charge is 2.31. The van der Waals surface area contributed by atoms with Gasteiger partial charge in [0.05, 0.1) is 6.54 Å². The topological polar surface area (TPSA) is 70.6 Å². The van der Waals surface area contributed by atoms with Gasteiger partial charge in [-0.2, -0.15) is 0 Å². The zero-order chi connectivity index (χ0) is 18.5. The molecule has 3 rings (SSSR count). The Morgan fingerprint density at radius 3 is 2.58 bits per heavy atom. The fourth-order valence-corrected chi connectivity index (χ4v) is 3.35. The monoisotopic (exact) mass is 371 g/mol. The Bertz CT molecular complexity index is 835. The van der Waals surface area contributed by atoms with Crippen LogP contribution in [0.25, 0.3) is 0 Å². The summed E-state index contributed by atoms with van der Waals surface area (Å²) >= 11 is 1.24. The van der Waals surface area contributed by atoms with Gasteiger partial charge >= 0.3 is 0 Å². The zero-order valence-corrected chi connectivity index (χ0v) is 15.0. The van der Waals surface area contributed by atoms with Crippen molar-refractivity contribution < 1.29 is 14.0 Å². The molecule has 2 N–H and O–H groups in total. The lowest BCUT2D eigenvalue weighted by molar-refractivity contribution is -0.122. The Morgan fingerprint density at radius 2 is 1.88 bits per heavy atom. The number of carbonyl (C=O) groups excluding carboxylic acids is 2. The highest BCUT2D eigenvalue weighted by Crippen LogP contribution is 2.23. The largest absolute Gasteiger partial charge is 0.326 e. The Hall–Kier alpha value is -2.67.